The van der Waals surface area contributed by atoms with E-state index in [1.54, 1.807) is 32.1 Å². The largest absolute Gasteiger partial charge is 0.0594 e. The molecule has 7 aliphatic carbocycles. The number of rotatable bonds is 0. The molecule has 0 aromatic heterocycles. The number of hydrogen-bond donors (Lipinski definition) is 0. The van der Waals surface area contributed by atoms with E-state index >= 15 is 0 Å². The summed E-state index contributed by atoms with van der Waals surface area (Å²) < 4.78 is 0. The Hall–Kier alpha value is 0. The van der Waals surface area contributed by atoms with Gasteiger partial charge in [0.1, 0.15) is 0 Å². The van der Waals surface area contributed by atoms with Crippen molar-refractivity contribution in [3.8, 4) is 0 Å². The summed E-state index contributed by atoms with van der Waals surface area (Å²) in [6.45, 7) is 5.24. The highest BCUT2D eigenvalue weighted by Crippen LogP contribution is 2.75. The van der Waals surface area contributed by atoms with Crippen LogP contribution in [0.3, 0.4) is 0 Å². The molecule has 16 heavy (non-hydrogen) atoms. The smallest absolute Gasteiger partial charge is 0.0292 e. The first kappa shape index (κ1) is 9.00. The molecule has 0 saturated heterocycles. The molecule has 0 aliphatic heterocycles. The molecule has 0 nitrogen and oxygen atoms in total. The average Bonchev–Trinajstić information content (AvgIpc) is 2.25. The van der Waals surface area contributed by atoms with Crippen LogP contribution in [-0.4, -0.2) is 0 Å². The fourth-order valence-corrected chi connectivity index (χ4v) is 7.67. The summed E-state index contributed by atoms with van der Waals surface area (Å²) in [5, 5.41) is 0. The molecule has 0 spiro atoms. The third-order valence-electron chi connectivity index (χ3n) is 7.96. The van der Waals surface area contributed by atoms with E-state index < -0.39 is 0 Å². The SMILES string of the molecule is CC1(C)C2CC3C4CC5CC3C1C(C5)C4C2. The van der Waals surface area contributed by atoms with Crippen molar-refractivity contribution in [2.75, 3.05) is 0 Å². The van der Waals surface area contributed by atoms with Gasteiger partial charge < -0.3 is 0 Å². The minimum Gasteiger partial charge on any atom is -0.0594 e. The van der Waals surface area contributed by atoms with Gasteiger partial charge in [0.05, 0.1) is 0 Å². The van der Waals surface area contributed by atoms with Gasteiger partial charge in [0.25, 0.3) is 0 Å². The van der Waals surface area contributed by atoms with Crippen LogP contribution in [0.15, 0.2) is 0 Å². The van der Waals surface area contributed by atoms with Crippen LogP contribution < -0.4 is 0 Å². The van der Waals surface area contributed by atoms with Gasteiger partial charge in [-0.3, -0.25) is 0 Å². The Morgan fingerprint density at radius 1 is 0.688 bits per heavy atom. The summed E-state index contributed by atoms with van der Waals surface area (Å²) in [4.78, 5) is 0. The van der Waals surface area contributed by atoms with E-state index in [4.69, 9.17) is 0 Å². The van der Waals surface area contributed by atoms with E-state index in [-0.39, 0.29) is 0 Å². The summed E-state index contributed by atoms with van der Waals surface area (Å²) in [6, 6.07) is 0. The van der Waals surface area contributed by atoms with Crippen molar-refractivity contribution in [2.45, 2.75) is 46.0 Å². The molecule has 7 saturated carbocycles. The second-order valence-electron chi connectivity index (χ2n) is 8.41. The van der Waals surface area contributed by atoms with E-state index in [0.29, 0.717) is 5.41 Å². The van der Waals surface area contributed by atoms with Crippen molar-refractivity contribution in [3.05, 3.63) is 0 Å². The lowest BCUT2D eigenvalue weighted by molar-refractivity contribution is -0.255. The summed E-state index contributed by atoms with van der Waals surface area (Å²) >= 11 is 0. The quantitative estimate of drug-likeness (QED) is 0.575. The number of hydrogen-bond acceptors (Lipinski definition) is 0. The standard InChI is InChI=1S/C16H24/c1-16(2)9-6-11-10-3-8-4-13(11)15(16)14(5-8)12(10)7-9/h8-15H,3-7H2,1-2H3. The molecule has 0 heteroatoms. The average molecular weight is 216 g/mol. The van der Waals surface area contributed by atoms with Crippen LogP contribution in [0.2, 0.25) is 0 Å². The third kappa shape index (κ3) is 0.754. The highest BCUT2D eigenvalue weighted by atomic mass is 14.7. The lowest BCUT2D eigenvalue weighted by Gasteiger charge is -2.74. The Morgan fingerprint density at radius 3 is 1.81 bits per heavy atom. The van der Waals surface area contributed by atoms with Gasteiger partial charge in [-0.25, -0.2) is 0 Å². The third-order valence-corrected chi connectivity index (χ3v) is 7.96. The van der Waals surface area contributed by atoms with Crippen molar-refractivity contribution in [2.24, 2.45) is 52.8 Å². The van der Waals surface area contributed by atoms with Gasteiger partial charge in [0.2, 0.25) is 0 Å². The van der Waals surface area contributed by atoms with Gasteiger partial charge in [-0.15, -0.1) is 0 Å². The van der Waals surface area contributed by atoms with Crippen molar-refractivity contribution < 1.29 is 0 Å². The maximum absolute atomic E-state index is 2.62. The van der Waals surface area contributed by atoms with Crippen molar-refractivity contribution in [1.82, 2.24) is 0 Å². The fraction of sp³-hybridized carbons (Fsp3) is 1.00. The first-order valence-corrected chi connectivity index (χ1v) is 7.66. The molecule has 7 aliphatic rings. The van der Waals surface area contributed by atoms with Gasteiger partial charge in [0, 0.05) is 0 Å². The molecule has 0 aromatic carbocycles. The van der Waals surface area contributed by atoms with Crippen molar-refractivity contribution >= 4 is 0 Å². The summed E-state index contributed by atoms with van der Waals surface area (Å²) in [7, 11) is 0. The zero-order valence-electron chi connectivity index (χ0n) is 10.7. The second kappa shape index (κ2) is 2.40. The molecule has 88 valence electrons. The van der Waals surface area contributed by atoms with Crippen LogP contribution in [0.5, 0.6) is 0 Å². The molecular weight excluding hydrogens is 192 g/mol. The van der Waals surface area contributed by atoms with Crippen molar-refractivity contribution in [3.63, 3.8) is 0 Å². The summed E-state index contributed by atoms with van der Waals surface area (Å²) in [5.41, 5.74) is 0.704. The summed E-state index contributed by atoms with van der Waals surface area (Å²) in [5.74, 6) is 9.33. The molecule has 8 bridgehead atoms. The second-order valence-corrected chi connectivity index (χ2v) is 8.41. The maximum atomic E-state index is 2.62. The van der Waals surface area contributed by atoms with Crippen LogP contribution in [0.1, 0.15) is 46.0 Å². The lowest BCUT2D eigenvalue weighted by atomic mass is 9.31. The molecule has 4 unspecified atom stereocenters. The Morgan fingerprint density at radius 2 is 1.19 bits per heavy atom. The van der Waals surface area contributed by atoms with Gasteiger partial charge in [0.15, 0.2) is 0 Å². The predicted octanol–water partition coefficient (Wildman–Crippen LogP) is 3.96. The highest BCUT2D eigenvalue weighted by Gasteiger charge is 2.68. The molecule has 0 amide bonds. The van der Waals surface area contributed by atoms with Gasteiger partial charge in [-0.05, 0) is 84.9 Å². The minimum atomic E-state index is 0.704. The zero-order chi connectivity index (χ0) is 10.7. The van der Waals surface area contributed by atoms with Crippen LogP contribution in [0, 0.1) is 52.8 Å². The highest BCUT2D eigenvalue weighted by molar-refractivity contribution is 5.17. The van der Waals surface area contributed by atoms with Crippen molar-refractivity contribution in [1.29, 1.82) is 0 Å². The molecule has 7 fully saturated rings. The Labute approximate surface area is 99.2 Å². The zero-order valence-corrected chi connectivity index (χ0v) is 10.7. The molecular formula is C16H24. The van der Waals surface area contributed by atoms with E-state index in [1.165, 1.54) is 29.6 Å². The topological polar surface area (TPSA) is 0 Å². The normalized spacial score (nSPS) is 67.9. The first-order valence-electron chi connectivity index (χ1n) is 7.66. The van der Waals surface area contributed by atoms with Crippen LogP contribution >= 0.6 is 0 Å². The molecule has 4 atom stereocenters. The first-order chi connectivity index (χ1) is 7.66. The Kier molecular flexibility index (Phi) is 1.35. The Balaban J connectivity index is 1.71. The van der Waals surface area contributed by atoms with Crippen LogP contribution in [0.25, 0.3) is 0 Å². The molecule has 0 heterocycles. The van der Waals surface area contributed by atoms with E-state index in [9.17, 15) is 0 Å². The lowest BCUT2D eigenvalue weighted by Crippen LogP contribution is -2.67. The molecule has 0 aromatic rings. The van der Waals surface area contributed by atoms with Gasteiger partial charge in [-0.1, -0.05) is 13.8 Å². The van der Waals surface area contributed by atoms with Crippen LogP contribution in [0.4, 0.5) is 0 Å². The summed E-state index contributed by atoms with van der Waals surface area (Å²) in [6.07, 6.45) is 8.14. The van der Waals surface area contributed by atoms with E-state index in [1.807, 2.05) is 0 Å². The predicted molar refractivity (Wildman–Crippen MR) is 64.8 cm³/mol. The van der Waals surface area contributed by atoms with E-state index in [2.05, 4.69) is 13.8 Å². The molecule has 0 N–H and O–H groups in total. The molecule has 0 radical (unpaired) electrons. The van der Waals surface area contributed by atoms with Gasteiger partial charge in [-0.2, -0.15) is 0 Å². The maximum Gasteiger partial charge on any atom is -0.0292 e. The van der Waals surface area contributed by atoms with E-state index in [0.717, 1.165) is 17.8 Å². The Bertz CT molecular complexity index is 331. The van der Waals surface area contributed by atoms with Gasteiger partial charge >= 0.3 is 0 Å². The minimum absolute atomic E-state index is 0.704. The molecule has 7 rings (SSSR count). The monoisotopic (exact) mass is 216 g/mol. The fourth-order valence-electron chi connectivity index (χ4n) is 7.67. The van der Waals surface area contributed by atoms with Crippen LogP contribution in [-0.2, 0) is 0 Å².